The molecule has 1 aromatic heterocycles. The second kappa shape index (κ2) is 9.38. The van der Waals surface area contributed by atoms with Gasteiger partial charge in [0, 0.05) is 22.1 Å². The van der Waals surface area contributed by atoms with Gasteiger partial charge >= 0.3 is 7.48 Å². The topological polar surface area (TPSA) is 92.2 Å². The van der Waals surface area contributed by atoms with Gasteiger partial charge in [-0.25, -0.2) is 4.98 Å². The van der Waals surface area contributed by atoms with Crippen molar-refractivity contribution in [2.75, 3.05) is 0 Å². The first-order valence-corrected chi connectivity index (χ1v) is 12.6. The van der Waals surface area contributed by atoms with E-state index in [1.165, 1.54) is 0 Å². The van der Waals surface area contributed by atoms with Crippen LogP contribution in [0.5, 0.6) is 0 Å². The van der Waals surface area contributed by atoms with E-state index in [1.807, 2.05) is 92.7 Å². The SMILES string of the molecule is CC(C)(O)C(C)(C)OBc1cccc2c3c(c(-c4ccccc4)nc12)C=C(c1ccccc1)C(N)C3=N. The second-order valence-electron chi connectivity index (χ2n) is 10.6. The summed E-state index contributed by atoms with van der Waals surface area (Å²) in [6, 6.07) is 25.5. The van der Waals surface area contributed by atoms with Gasteiger partial charge in [-0.05, 0) is 50.4 Å². The highest BCUT2D eigenvalue weighted by molar-refractivity contribution is 6.51. The fraction of sp³-hybridized carbons (Fsp3) is 0.226. The van der Waals surface area contributed by atoms with Gasteiger partial charge < -0.3 is 20.9 Å². The number of hydrogen-bond acceptors (Lipinski definition) is 5. The zero-order valence-electron chi connectivity index (χ0n) is 21.7. The molecular formula is C31H32BN3O2. The molecule has 0 amide bonds. The van der Waals surface area contributed by atoms with E-state index in [-0.39, 0.29) is 7.48 Å². The van der Waals surface area contributed by atoms with Crippen molar-refractivity contribution < 1.29 is 9.76 Å². The van der Waals surface area contributed by atoms with E-state index < -0.39 is 17.2 Å². The molecule has 1 aliphatic rings. The third-order valence-electron chi connectivity index (χ3n) is 7.57. The van der Waals surface area contributed by atoms with Crippen molar-refractivity contribution in [1.29, 1.82) is 5.41 Å². The average molecular weight is 489 g/mol. The van der Waals surface area contributed by atoms with Gasteiger partial charge in [-0.2, -0.15) is 0 Å². The van der Waals surface area contributed by atoms with Crippen LogP contribution in [0.1, 0.15) is 44.4 Å². The summed E-state index contributed by atoms with van der Waals surface area (Å²) in [5.74, 6) is 0. The minimum Gasteiger partial charge on any atom is -0.427 e. The fourth-order valence-electron chi connectivity index (χ4n) is 4.61. The minimum atomic E-state index is -1.02. The van der Waals surface area contributed by atoms with E-state index >= 15 is 0 Å². The molecule has 37 heavy (non-hydrogen) atoms. The monoisotopic (exact) mass is 489 g/mol. The average Bonchev–Trinajstić information content (AvgIpc) is 2.89. The van der Waals surface area contributed by atoms with E-state index in [4.69, 9.17) is 15.4 Å². The van der Waals surface area contributed by atoms with Crippen LogP contribution in [0, 0.1) is 5.41 Å². The van der Waals surface area contributed by atoms with Crippen molar-refractivity contribution >= 4 is 41.2 Å². The van der Waals surface area contributed by atoms with Gasteiger partial charge in [-0.3, -0.25) is 0 Å². The number of nitrogens with one attached hydrogen (secondary N) is 1. The predicted molar refractivity (Wildman–Crippen MR) is 155 cm³/mol. The molecule has 0 radical (unpaired) electrons. The molecule has 186 valence electrons. The van der Waals surface area contributed by atoms with Crippen LogP contribution in [0.2, 0.25) is 0 Å². The van der Waals surface area contributed by atoms with Gasteiger partial charge in [0.05, 0.1) is 34.2 Å². The number of benzene rings is 3. The Hall–Kier alpha value is -3.58. The molecule has 4 N–H and O–H groups in total. The van der Waals surface area contributed by atoms with Crippen LogP contribution in [0.15, 0.2) is 78.9 Å². The third-order valence-corrected chi connectivity index (χ3v) is 7.57. The maximum Gasteiger partial charge on any atom is 0.311 e. The smallest absolute Gasteiger partial charge is 0.311 e. The molecule has 0 saturated carbocycles. The summed E-state index contributed by atoms with van der Waals surface area (Å²) >= 11 is 0. The lowest BCUT2D eigenvalue weighted by atomic mass is 9.77. The van der Waals surface area contributed by atoms with Crippen molar-refractivity contribution in [3.63, 3.8) is 0 Å². The first kappa shape index (κ1) is 25.1. The molecule has 1 heterocycles. The third kappa shape index (κ3) is 4.53. The van der Waals surface area contributed by atoms with E-state index in [2.05, 4.69) is 6.08 Å². The molecule has 6 heteroatoms. The van der Waals surface area contributed by atoms with E-state index in [9.17, 15) is 10.5 Å². The van der Waals surface area contributed by atoms with Crippen LogP contribution in [0.3, 0.4) is 0 Å². The fourth-order valence-corrected chi connectivity index (χ4v) is 4.61. The Morgan fingerprint density at radius 3 is 2.14 bits per heavy atom. The maximum absolute atomic E-state index is 10.6. The minimum absolute atomic E-state index is 0.277. The highest BCUT2D eigenvalue weighted by Gasteiger charge is 2.36. The highest BCUT2D eigenvalue weighted by Crippen LogP contribution is 2.38. The van der Waals surface area contributed by atoms with Gasteiger partial charge in [0.15, 0.2) is 0 Å². The van der Waals surface area contributed by atoms with Crippen LogP contribution in [-0.4, -0.2) is 40.5 Å². The highest BCUT2D eigenvalue weighted by atomic mass is 16.5. The number of nitrogens with two attached hydrogens (primary N) is 1. The Labute approximate surface area is 218 Å². The molecule has 0 bridgehead atoms. The molecule has 3 aromatic carbocycles. The molecule has 4 aromatic rings. The van der Waals surface area contributed by atoms with Crippen LogP contribution < -0.4 is 11.2 Å². The Kier molecular flexibility index (Phi) is 6.36. The number of aromatic nitrogens is 1. The van der Waals surface area contributed by atoms with E-state index in [0.717, 1.165) is 49.9 Å². The first-order chi connectivity index (χ1) is 17.6. The van der Waals surface area contributed by atoms with Crippen LogP contribution >= 0.6 is 0 Å². The molecule has 1 unspecified atom stereocenters. The Bertz CT molecular complexity index is 1510. The van der Waals surface area contributed by atoms with E-state index in [1.54, 1.807) is 13.8 Å². The van der Waals surface area contributed by atoms with Crippen molar-refractivity contribution in [2.24, 2.45) is 5.73 Å². The number of pyridine rings is 1. The maximum atomic E-state index is 10.6. The summed E-state index contributed by atoms with van der Waals surface area (Å²) in [5.41, 5.74) is 12.3. The number of fused-ring (bicyclic) bond motifs is 3. The summed E-state index contributed by atoms with van der Waals surface area (Å²) in [5, 5.41) is 20.6. The van der Waals surface area contributed by atoms with Crippen LogP contribution in [-0.2, 0) is 4.65 Å². The lowest BCUT2D eigenvalue weighted by Crippen LogP contribution is -2.49. The quantitative estimate of drug-likeness (QED) is 0.343. The molecule has 5 nitrogen and oxygen atoms in total. The number of rotatable bonds is 6. The Balaban J connectivity index is 1.75. The largest absolute Gasteiger partial charge is 0.427 e. The molecule has 0 spiro atoms. The number of hydrogen-bond donors (Lipinski definition) is 3. The van der Waals surface area contributed by atoms with Crippen LogP contribution in [0.25, 0.3) is 33.8 Å². The van der Waals surface area contributed by atoms with Gasteiger partial charge in [0.2, 0.25) is 0 Å². The van der Waals surface area contributed by atoms with Crippen molar-refractivity contribution in [3.8, 4) is 11.3 Å². The van der Waals surface area contributed by atoms with Crippen molar-refractivity contribution in [2.45, 2.75) is 44.9 Å². The van der Waals surface area contributed by atoms with Crippen molar-refractivity contribution in [1.82, 2.24) is 4.98 Å². The normalized spacial score (nSPS) is 15.9. The van der Waals surface area contributed by atoms with Gasteiger partial charge in [0.25, 0.3) is 0 Å². The lowest BCUT2D eigenvalue weighted by molar-refractivity contribution is -0.0893. The summed E-state index contributed by atoms with van der Waals surface area (Å²) in [6.07, 6.45) is 2.10. The zero-order chi connectivity index (χ0) is 26.4. The number of para-hydroxylation sites is 1. The molecule has 0 aliphatic heterocycles. The van der Waals surface area contributed by atoms with Crippen molar-refractivity contribution in [3.05, 3.63) is 95.6 Å². The Morgan fingerprint density at radius 2 is 1.51 bits per heavy atom. The van der Waals surface area contributed by atoms with Gasteiger partial charge in [-0.1, -0.05) is 78.9 Å². The first-order valence-electron chi connectivity index (χ1n) is 12.6. The predicted octanol–water partition coefficient (Wildman–Crippen LogP) is 4.69. The summed E-state index contributed by atoms with van der Waals surface area (Å²) in [7, 11) is 0.277. The number of aliphatic hydroxyl groups is 1. The molecule has 1 atom stereocenters. The zero-order valence-corrected chi connectivity index (χ0v) is 21.7. The van der Waals surface area contributed by atoms with Gasteiger partial charge in [-0.15, -0.1) is 0 Å². The van der Waals surface area contributed by atoms with Crippen LogP contribution in [0.4, 0.5) is 0 Å². The second-order valence-corrected chi connectivity index (χ2v) is 10.6. The summed E-state index contributed by atoms with van der Waals surface area (Å²) in [6.45, 7) is 7.26. The Morgan fingerprint density at radius 1 is 0.892 bits per heavy atom. The molecule has 0 fully saturated rings. The standard InChI is InChI=1S/C31H32BN3O2/c1-30(2,36)31(3,4)37-32-24-17-11-16-21-25-23(28(35-29(21)24)20-14-9-6-10-15-20)18-22(26(33)27(25)34)19-12-7-5-8-13-19/h5-18,26,32,34,36H,33H2,1-4H3. The molecular weight excluding hydrogens is 457 g/mol. The summed E-state index contributed by atoms with van der Waals surface area (Å²) in [4.78, 5) is 5.18. The molecule has 5 rings (SSSR count). The number of nitrogens with zero attached hydrogens (tertiary/aromatic N) is 1. The molecule has 0 saturated heterocycles. The lowest BCUT2D eigenvalue weighted by Gasteiger charge is -2.37. The summed E-state index contributed by atoms with van der Waals surface area (Å²) < 4.78 is 6.22. The van der Waals surface area contributed by atoms with E-state index in [0.29, 0.717) is 5.71 Å². The molecule has 1 aliphatic carbocycles. The van der Waals surface area contributed by atoms with Gasteiger partial charge in [0.1, 0.15) is 0 Å².